The molecule has 39 heavy (non-hydrogen) atoms. The first-order chi connectivity index (χ1) is 18.4. The molecule has 0 aliphatic heterocycles. The predicted octanol–water partition coefficient (Wildman–Crippen LogP) is 7.05. The Morgan fingerprint density at radius 2 is 1.59 bits per heavy atom. The molecule has 3 aromatic carbocycles. The van der Waals surface area contributed by atoms with E-state index in [1.165, 1.54) is 0 Å². The maximum atomic E-state index is 13.4. The summed E-state index contributed by atoms with van der Waals surface area (Å²) in [5.74, 6) is 0.585. The van der Waals surface area contributed by atoms with Gasteiger partial charge in [0.05, 0.1) is 30.5 Å². The number of anilines is 1. The fourth-order valence-corrected chi connectivity index (χ4v) is 4.68. The number of rotatable bonds is 10. The number of benzene rings is 3. The van der Waals surface area contributed by atoms with Crippen molar-refractivity contribution < 1.29 is 29.5 Å². The van der Waals surface area contributed by atoms with Crippen LogP contribution >= 0.6 is 34.8 Å². The topological polar surface area (TPSA) is 101 Å². The largest absolute Gasteiger partial charge is 0.870 e. The molecule has 0 spiro atoms. The number of H-pyrrole nitrogens is 1. The second-order valence-electron chi connectivity index (χ2n) is 8.38. The van der Waals surface area contributed by atoms with Crippen molar-refractivity contribution in [2.45, 2.75) is 19.1 Å². The van der Waals surface area contributed by atoms with Gasteiger partial charge in [-0.2, -0.15) is 0 Å². The van der Waals surface area contributed by atoms with E-state index in [-0.39, 0.29) is 11.9 Å². The highest BCUT2D eigenvalue weighted by Crippen LogP contribution is 2.35. The third kappa shape index (κ3) is 7.55. The van der Waals surface area contributed by atoms with Gasteiger partial charge >= 0.3 is 5.97 Å². The van der Waals surface area contributed by atoms with E-state index in [1.807, 2.05) is 42.5 Å². The van der Waals surface area contributed by atoms with Crippen molar-refractivity contribution in [1.82, 2.24) is 0 Å². The van der Waals surface area contributed by atoms with Crippen LogP contribution in [0.3, 0.4) is 0 Å². The maximum absolute atomic E-state index is 13.4. The summed E-state index contributed by atoms with van der Waals surface area (Å²) in [6.45, 7) is 0.482. The number of para-hydroxylation sites is 1. The first-order valence-corrected chi connectivity index (χ1v) is 12.9. The molecule has 0 unspecified atom stereocenters. The number of aromatic nitrogens is 1. The van der Waals surface area contributed by atoms with Crippen LogP contribution in [0.1, 0.15) is 33.2 Å². The van der Waals surface area contributed by atoms with E-state index in [9.17, 15) is 4.79 Å². The summed E-state index contributed by atoms with van der Waals surface area (Å²) in [4.78, 5) is 16.2. The molecule has 10 heteroatoms. The minimum Gasteiger partial charge on any atom is -0.870 e. The smallest absolute Gasteiger partial charge is 0.338 e. The summed E-state index contributed by atoms with van der Waals surface area (Å²) < 4.78 is 16.9. The van der Waals surface area contributed by atoms with E-state index in [0.29, 0.717) is 49.8 Å². The Morgan fingerprint density at radius 3 is 2.28 bits per heavy atom. The molecule has 0 saturated heterocycles. The number of nitrogens with one attached hydrogen (secondary N) is 2. The van der Waals surface area contributed by atoms with E-state index in [1.54, 1.807) is 50.9 Å². The summed E-state index contributed by atoms with van der Waals surface area (Å²) >= 11 is 19.1. The monoisotopic (exact) mass is 588 g/mol. The zero-order valence-electron chi connectivity index (χ0n) is 21.2. The van der Waals surface area contributed by atoms with Crippen LogP contribution in [0.15, 0.2) is 79.1 Å². The summed E-state index contributed by atoms with van der Waals surface area (Å²) in [7, 11) is 3.11. The van der Waals surface area contributed by atoms with Crippen LogP contribution in [0, 0.1) is 0 Å². The number of esters is 1. The maximum Gasteiger partial charge on any atom is 0.338 e. The van der Waals surface area contributed by atoms with Gasteiger partial charge < -0.3 is 25.0 Å². The molecule has 1 atom stereocenters. The molecule has 1 heterocycles. The van der Waals surface area contributed by atoms with Gasteiger partial charge in [-0.1, -0.05) is 65.1 Å². The molecule has 0 aliphatic rings. The van der Waals surface area contributed by atoms with Crippen LogP contribution in [0.4, 0.5) is 5.69 Å². The summed E-state index contributed by atoms with van der Waals surface area (Å²) in [5, 5.41) is 4.78. The number of carbonyl (C=O) groups excluding carboxylic acids is 1. The van der Waals surface area contributed by atoms with Crippen molar-refractivity contribution in [3.05, 3.63) is 116 Å². The van der Waals surface area contributed by atoms with Crippen molar-refractivity contribution in [1.29, 1.82) is 0 Å². The summed E-state index contributed by atoms with van der Waals surface area (Å²) in [5.41, 5.74) is 3.47. The van der Waals surface area contributed by atoms with Crippen LogP contribution in [0.2, 0.25) is 15.1 Å². The van der Waals surface area contributed by atoms with E-state index >= 15 is 0 Å². The number of pyridine rings is 1. The molecule has 1 aromatic heterocycles. The molecule has 204 valence electrons. The fourth-order valence-electron chi connectivity index (χ4n) is 3.94. The number of methoxy groups -OCH3 is 2. The highest BCUT2D eigenvalue weighted by molar-refractivity contribution is 6.35. The van der Waals surface area contributed by atoms with Gasteiger partial charge in [0.2, 0.25) is 0 Å². The molecule has 4 rings (SSSR count). The molecule has 0 aliphatic carbocycles. The zero-order chi connectivity index (χ0) is 27.1. The lowest BCUT2D eigenvalue weighted by Gasteiger charge is -2.21. The Balaban J connectivity index is 0.00000420. The van der Waals surface area contributed by atoms with Gasteiger partial charge in [0, 0.05) is 18.5 Å². The Hall–Kier alpha value is -3.49. The molecule has 3 N–H and O–H groups in total. The number of aromatic amines is 1. The highest BCUT2D eigenvalue weighted by Gasteiger charge is 2.24. The van der Waals surface area contributed by atoms with Crippen molar-refractivity contribution in [3.63, 3.8) is 0 Å². The first kappa shape index (κ1) is 30.1. The molecule has 0 amide bonds. The second kappa shape index (κ2) is 14.1. The molecule has 0 fully saturated rings. The third-order valence-corrected chi connectivity index (χ3v) is 6.94. The van der Waals surface area contributed by atoms with Gasteiger partial charge in [0.15, 0.2) is 23.9 Å². The number of hydrogen-bond donors (Lipinski definition) is 1. The number of carbonyl (C=O) groups is 1. The Kier molecular flexibility index (Phi) is 10.8. The van der Waals surface area contributed by atoms with Crippen LogP contribution in [-0.2, 0) is 17.7 Å². The van der Waals surface area contributed by atoms with Crippen molar-refractivity contribution in [2.75, 3.05) is 19.5 Å². The van der Waals surface area contributed by atoms with Crippen molar-refractivity contribution >= 4 is 46.5 Å². The fraction of sp³-hybridized carbons (Fsp3) is 0.172. The van der Waals surface area contributed by atoms with E-state index in [2.05, 4.69) is 10.3 Å². The quantitative estimate of drug-likeness (QED) is 0.199. The minimum absolute atomic E-state index is 0. The van der Waals surface area contributed by atoms with Crippen LogP contribution < -0.4 is 19.8 Å². The van der Waals surface area contributed by atoms with E-state index in [0.717, 1.165) is 11.3 Å². The first-order valence-electron chi connectivity index (χ1n) is 11.7. The lowest BCUT2D eigenvalue weighted by molar-refractivity contribution is -0.377. The normalized spacial score (nSPS) is 11.2. The Labute approximate surface area is 241 Å². The average Bonchev–Trinajstić information content (AvgIpc) is 2.93. The van der Waals surface area contributed by atoms with Crippen LogP contribution in [0.25, 0.3) is 0 Å². The molecular formula is C29H27Cl3N2O5. The van der Waals surface area contributed by atoms with Gasteiger partial charge in [-0.05, 0) is 47.5 Å². The van der Waals surface area contributed by atoms with E-state index < -0.39 is 12.1 Å². The van der Waals surface area contributed by atoms with Gasteiger partial charge in [-0.15, -0.1) is 0 Å². The molecule has 0 bridgehead atoms. The lowest BCUT2D eigenvalue weighted by atomic mass is 10.0. The number of ether oxygens (including phenoxy) is 3. The van der Waals surface area contributed by atoms with Gasteiger partial charge in [-0.25, -0.2) is 9.78 Å². The molecule has 0 radical (unpaired) electrons. The molecule has 0 saturated carbocycles. The van der Waals surface area contributed by atoms with Gasteiger partial charge in [0.1, 0.15) is 16.1 Å². The third-order valence-electron chi connectivity index (χ3n) is 5.93. The van der Waals surface area contributed by atoms with Crippen LogP contribution in [0.5, 0.6) is 11.5 Å². The number of hydrogen-bond acceptors (Lipinski definition) is 6. The SMILES string of the molecule is COc1ccc([C@H](Cc2c(Cl)c[nH+]cc2Cl)OC(=O)c2cccc(CNc3ccccc3Cl)c2)cc1OC.[OH-]. The highest BCUT2D eigenvalue weighted by atomic mass is 35.5. The van der Waals surface area contributed by atoms with Crippen LogP contribution in [-0.4, -0.2) is 25.7 Å². The summed E-state index contributed by atoms with van der Waals surface area (Å²) in [6, 6.07) is 20.1. The average molecular weight is 590 g/mol. The molecular weight excluding hydrogens is 563 g/mol. The molecule has 7 nitrogen and oxygen atoms in total. The summed E-state index contributed by atoms with van der Waals surface area (Å²) in [6.07, 6.45) is 2.81. The zero-order valence-corrected chi connectivity index (χ0v) is 23.5. The standard InChI is InChI=1S/C29H25Cl3N2O4.H2O/c1-36-26-11-10-19(13-28(26)37-2)27(14-21-23(31)16-33-17-24(21)32)38-29(35)20-7-5-6-18(12-20)15-34-25-9-4-3-8-22(25)30;/h3-13,16-17,27,34H,14-15H2,1-2H3;1H2/t27-;/m0./s1. The molecule has 4 aromatic rings. The predicted molar refractivity (Wildman–Crippen MR) is 152 cm³/mol. The van der Waals surface area contributed by atoms with Crippen molar-refractivity contribution in [2.24, 2.45) is 0 Å². The van der Waals surface area contributed by atoms with Gasteiger partial charge in [-0.3, -0.25) is 0 Å². The number of halogens is 3. The van der Waals surface area contributed by atoms with Gasteiger partial charge in [0.25, 0.3) is 0 Å². The Morgan fingerprint density at radius 1 is 0.872 bits per heavy atom. The lowest BCUT2D eigenvalue weighted by Crippen LogP contribution is -2.16. The van der Waals surface area contributed by atoms with Crippen molar-refractivity contribution in [3.8, 4) is 11.5 Å². The second-order valence-corrected chi connectivity index (χ2v) is 9.60. The van der Waals surface area contributed by atoms with E-state index in [4.69, 9.17) is 49.0 Å². The Bertz CT molecular complexity index is 1410. The minimum atomic E-state index is -0.704.